The molecule has 19 heavy (non-hydrogen) atoms. The summed E-state index contributed by atoms with van der Waals surface area (Å²) in [4.78, 5) is 14.1. The smallest absolute Gasteiger partial charge is 0.276 e. The molecular formula is C13H17N5O. The zero-order chi connectivity index (χ0) is 14.0. The average Bonchev–Trinajstić information content (AvgIpc) is 2.69. The first-order valence-corrected chi connectivity index (χ1v) is 5.85. The summed E-state index contributed by atoms with van der Waals surface area (Å²) in [6.45, 7) is 0. The molecule has 1 aromatic heterocycles. The molecular weight excluding hydrogens is 242 g/mol. The number of nitrogens with one attached hydrogen (secondary N) is 1. The summed E-state index contributed by atoms with van der Waals surface area (Å²) < 4.78 is 1.46. The van der Waals surface area contributed by atoms with E-state index >= 15 is 0 Å². The van der Waals surface area contributed by atoms with Gasteiger partial charge < -0.3 is 16.0 Å². The van der Waals surface area contributed by atoms with Gasteiger partial charge in [-0.15, -0.1) is 0 Å². The van der Waals surface area contributed by atoms with Gasteiger partial charge in [-0.25, -0.2) is 0 Å². The van der Waals surface area contributed by atoms with E-state index in [4.69, 9.17) is 5.73 Å². The second kappa shape index (κ2) is 5.01. The maximum atomic E-state index is 12.1. The molecule has 6 nitrogen and oxygen atoms in total. The number of aryl methyl sites for hydroxylation is 1. The molecule has 0 unspecified atom stereocenters. The molecule has 0 fully saturated rings. The van der Waals surface area contributed by atoms with E-state index in [9.17, 15) is 4.79 Å². The first-order chi connectivity index (χ1) is 8.99. The van der Waals surface area contributed by atoms with Crippen LogP contribution in [0.1, 0.15) is 10.5 Å². The van der Waals surface area contributed by atoms with Gasteiger partial charge in [0.1, 0.15) is 5.69 Å². The minimum absolute atomic E-state index is 0.270. The zero-order valence-corrected chi connectivity index (χ0v) is 11.2. The SMILES string of the molecule is CN(C)c1cccc(NC(=O)c2c(N)cnn2C)c1. The maximum Gasteiger partial charge on any atom is 0.276 e. The quantitative estimate of drug-likeness (QED) is 0.871. The number of nitrogen functional groups attached to an aromatic ring is 1. The Kier molecular flexibility index (Phi) is 3.41. The Morgan fingerprint density at radius 3 is 2.74 bits per heavy atom. The van der Waals surface area contributed by atoms with Gasteiger partial charge in [-0.3, -0.25) is 9.48 Å². The number of amides is 1. The average molecular weight is 259 g/mol. The van der Waals surface area contributed by atoms with Crippen LogP contribution in [0.4, 0.5) is 17.1 Å². The summed E-state index contributed by atoms with van der Waals surface area (Å²) in [7, 11) is 5.57. The number of aromatic nitrogens is 2. The molecule has 0 saturated carbocycles. The fourth-order valence-electron chi connectivity index (χ4n) is 1.78. The van der Waals surface area contributed by atoms with Crippen molar-refractivity contribution in [3.05, 3.63) is 36.2 Å². The van der Waals surface area contributed by atoms with Crippen molar-refractivity contribution in [2.24, 2.45) is 7.05 Å². The van der Waals surface area contributed by atoms with E-state index in [2.05, 4.69) is 10.4 Å². The summed E-state index contributed by atoms with van der Waals surface area (Å²) in [5.74, 6) is -0.270. The topological polar surface area (TPSA) is 76.2 Å². The van der Waals surface area contributed by atoms with Crippen LogP contribution in [0.5, 0.6) is 0 Å². The van der Waals surface area contributed by atoms with Gasteiger partial charge in [-0.05, 0) is 18.2 Å². The lowest BCUT2D eigenvalue weighted by molar-refractivity contribution is 0.101. The molecule has 0 spiro atoms. The summed E-state index contributed by atoms with van der Waals surface area (Å²) in [6, 6.07) is 7.58. The standard InChI is InChI=1S/C13H17N5O/c1-17(2)10-6-4-5-9(7-10)16-13(19)12-11(14)8-15-18(12)3/h4-8H,14H2,1-3H3,(H,16,19). The molecule has 1 amide bonds. The molecule has 0 bridgehead atoms. The van der Waals surface area contributed by atoms with Crippen LogP contribution in [-0.4, -0.2) is 29.8 Å². The minimum Gasteiger partial charge on any atom is -0.396 e. The van der Waals surface area contributed by atoms with E-state index in [1.54, 1.807) is 7.05 Å². The highest BCUT2D eigenvalue weighted by molar-refractivity contribution is 6.06. The van der Waals surface area contributed by atoms with Gasteiger partial charge in [0, 0.05) is 32.5 Å². The van der Waals surface area contributed by atoms with Gasteiger partial charge in [0.25, 0.3) is 5.91 Å². The summed E-state index contributed by atoms with van der Waals surface area (Å²) >= 11 is 0. The highest BCUT2D eigenvalue weighted by Crippen LogP contribution is 2.19. The molecule has 0 atom stereocenters. The summed E-state index contributed by atoms with van der Waals surface area (Å²) in [5.41, 5.74) is 8.17. The van der Waals surface area contributed by atoms with Crippen LogP contribution < -0.4 is 16.0 Å². The maximum absolute atomic E-state index is 12.1. The Labute approximate surface area is 111 Å². The number of nitrogens with zero attached hydrogens (tertiary/aromatic N) is 3. The van der Waals surface area contributed by atoms with Gasteiger partial charge >= 0.3 is 0 Å². The first-order valence-electron chi connectivity index (χ1n) is 5.85. The third kappa shape index (κ3) is 2.67. The van der Waals surface area contributed by atoms with Gasteiger partial charge in [-0.2, -0.15) is 5.10 Å². The molecule has 0 saturated heterocycles. The Morgan fingerprint density at radius 2 is 2.16 bits per heavy atom. The molecule has 0 aliphatic heterocycles. The lowest BCUT2D eigenvalue weighted by Crippen LogP contribution is -2.18. The van der Waals surface area contributed by atoms with Crippen LogP contribution in [-0.2, 0) is 7.05 Å². The van der Waals surface area contributed by atoms with E-state index < -0.39 is 0 Å². The number of nitrogens with two attached hydrogens (primary N) is 1. The van der Waals surface area contributed by atoms with Crippen molar-refractivity contribution in [3.8, 4) is 0 Å². The van der Waals surface area contributed by atoms with Crippen LogP contribution in [0, 0.1) is 0 Å². The monoisotopic (exact) mass is 259 g/mol. The second-order valence-corrected chi connectivity index (χ2v) is 4.47. The van der Waals surface area contributed by atoms with Crippen LogP contribution in [0.25, 0.3) is 0 Å². The number of anilines is 3. The normalized spacial score (nSPS) is 10.3. The van der Waals surface area contributed by atoms with Gasteiger partial charge in [-0.1, -0.05) is 6.07 Å². The van der Waals surface area contributed by atoms with E-state index in [0.29, 0.717) is 11.4 Å². The number of rotatable bonds is 3. The molecule has 2 aromatic rings. The van der Waals surface area contributed by atoms with Gasteiger partial charge in [0.15, 0.2) is 0 Å². The lowest BCUT2D eigenvalue weighted by atomic mass is 10.2. The Morgan fingerprint density at radius 1 is 1.42 bits per heavy atom. The molecule has 0 aliphatic rings. The van der Waals surface area contributed by atoms with Crippen LogP contribution in [0.3, 0.4) is 0 Å². The third-order valence-corrected chi connectivity index (χ3v) is 2.80. The molecule has 0 aliphatic carbocycles. The van der Waals surface area contributed by atoms with Crippen molar-refractivity contribution in [2.75, 3.05) is 30.0 Å². The van der Waals surface area contributed by atoms with Crippen LogP contribution in [0.15, 0.2) is 30.5 Å². The lowest BCUT2D eigenvalue weighted by Gasteiger charge is -2.14. The number of carbonyl (C=O) groups is 1. The Balaban J connectivity index is 2.22. The van der Waals surface area contributed by atoms with E-state index in [1.807, 2.05) is 43.3 Å². The highest BCUT2D eigenvalue weighted by Gasteiger charge is 2.15. The molecule has 3 N–H and O–H groups in total. The van der Waals surface area contributed by atoms with E-state index in [0.717, 1.165) is 11.4 Å². The third-order valence-electron chi connectivity index (χ3n) is 2.80. The predicted molar refractivity (Wildman–Crippen MR) is 76.3 cm³/mol. The Hall–Kier alpha value is -2.50. The van der Waals surface area contributed by atoms with Crippen molar-refractivity contribution in [1.82, 2.24) is 9.78 Å². The van der Waals surface area contributed by atoms with Crippen LogP contribution in [0.2, 0.25) is 0 Å². The van der Waals surface area contributed by atoms with Crippen molar-refractivity contribution in [2.45, 2.75) is 0 Å². The molecule has 0 radical (unpaired) electrons. The minimum atomic E-state index is -0.270. The van der Waals surface area contributed by atoms with Crippen molar-refractivity contribution < 1.29 is 4.79 Å². The number of hydrogen-bond acceptors (Lipinski definition) is 4. The van der Waals surface area contributed by atoms with E-state index in [1.165, 1.54) is 10.9 Å². The molecule has 2 rings (SSSR count). The van der Waals surface area contributed by atoms with Crippen molar-refractivity contribution >= 4 is 23.0 Å². The number of benzene rings is 1. The summed E-state index contributed by atoms with van der Waals surface area (Å²) in [5, 5.41) is 6.76. The van der Waals surface area contributed by atoms with E-state index in [-0.39, 0.29) is 5.91 Å². The van der Waals surface area contributed by atoms with Crippen LogP contribution >= 0.6 is 0 Å². The molecule has 100 valence electrons. The summed E-state index contributed by atoms with van der Waals surface area (Å²) in [6.07, 6.45) is 1.46. The Bertz CT molecular complexity index is 583. The first kappa shape index (κ1) is 12.9. The largest absolute Gasteiger partial charge is 0.396 e. The van der Waals surface area contributed by atoms with Crippen molar-refractivity contribution in [3.63, 3.8) is 0 Å². The van der Waals surface area contributed by atoms with Gasteiger partial charge in [0.05, 0.1) is 11.9 Å². The second-order valence-electron chi connectivity index (χ2n) is 4.47. The van der Waals surface area contributed by atoms with Crippen molar-refractivity contribution in [1.29, 1.82) is 0 Å². The molecule has 1 heterocycles. The fraction of sp³-hybridized carbons (Fsp3) is 0.231. The number of carbonyl (C=O) groups excluding carboxylic acids is 1. The fourth-order valence-corrected chi connectivity index (χ4v) is 1.78. The number of hydrogen-bond donors (Lipinski definition) is 2. The predicted octanol–water partition coefficient (Wildman–Crippen LogP) is 1.32. The zero-order valence-electron chi connectivity index (χ0n) is 11.2. The van der Waals surface area contributed by atoms with Gasteiger partial charge in [0.2, 0.25) is 0 Å². The molecule has 1 aromatic carbocycles. The highest BCUT2D eigenvalue weighted by atomic mass is 16.2. The molecule has 6 heteroatoms.